The summed E-state index contributed by atoms with van der Waals surface area (Å²) in [7, 11) is -6.12. The molecular weight excluding hydrogens is 720 g/mol. The molecule has 46 heavy (non-hydrogen) atoms. The van der Waals surface area contributed by atoms with E-state index in [-0.39, 0.29) is 69.9 Å². The fourth-order valence-electron chi connectivity index (χ4n) is 4.73. The van der Waals surface area contributed by atoms with Crippen LogP contribution in [0.15, 0.2) is 62.8 Å². The first kappa shape index (κ1) is 45.5. The van der Waals surface area contributed by atoms with Crippen LogP contribution in [0.25, 0.3) is 10.8 Å². The van der Waals surface area contributed by atoms with E-state index in [1.165, 1.54) is 24.3 Å². The molecule has 0 aliphatic rings. The molecule has 11 nitrogen and oxygen atoms in total. The standard InChI is InChI=1S/C20H36BrN3O2.C10H8O6S2.2Na/c1-7-22(8-2)11-13-24(14-12-23(9-3)10-4)18-16-20(26-6)19(25-5)15-17(18)21;11-17(12,13)9-5-1-3-7-8(9)4-2-6-10(7)18(14,15)16;;/h15-16H,7-14H2,1-6H3;1-6H,(H,11,12,13)(H,14,15,16);;/q;;2*+1/p-2. The Bertz CT molecular complexity index is 1500. The number of benzene rings is 3. The predicted octanol–water partition coefficient (Wildman–Crippen LogP) is -1.39. The smallest absolute Gasteiger partial charge is 0.744 e. The van der Waals surface area contributed by atoms with Gasteiger partial charge in [-0.05, 0) is 54.2 Å². The van der Waals surface area contributed by atoms with Crippen LogP contribution in [-0.4, -0.2) is 102 Å². The van der Waals surface area contributed by atoms with Crippen LogP contribution in [-0.2, 0) is 20.2 Å². The third kappa shape index (κ3) is 13.1. The minimum absolute atomic E-state index is 0. The maximum absolute atomic E-state index is 11.0. The number of likely N-dealkylation sites (N-methyl/N-ethyl adjacent to an activating group) is 2. The van der Waals surface area contributed by atoms with E-state index in [0.717, 1.165) is 86.1 Å². The number of hydrogen-bond acceptors (Lipinski definition) is 11. The van der Waals surface area contributed by atoms with Gasteiger partial charge in [-0.3, -0.25) is 0 Å². The van der Waals surface area contributed by atoms with Crippen molar-refractivity contribution in [3.05, 3.63) is 53.0 Å². The average molecular weight is 763 g/mol. The molecule has 0 heterocycles. The molecule has 0 aromatic heterocycles. The largest absolute Gasteiger partial charge is 1.00 e. The summed E-state index contributed by atoms with van der Waals surface area (Å²) >= 11 is 3.73. The summed E-state index contributed by atoms with van der Waals surface area (Å²) in [5.74, 6) is 1.51. The van der Waals surface area contributed by atoms with Crippen molar-refractivity contribution in [2.75, 3.05) is 71.5 Å². The average Bonchev–Trinajstić information content (AvgIpc) is 2.99. The molecule has 3 aromatic carbocycles. The third-order valence-electron chi connectivity index (χ3n) is 7.34. The molecule has 0 atom stereocenters. The Morgan fingerprint density at radius 1 is 0.652 bits per heavy atom. The van der Waals surface area contributed by atoms with Gasteiger partial charge in [-0.25, -0.2) is 16.8 Å². The van der Waals surface area contributed by atoms with Gasteiger partial charge in [0.05, 0.1) is 29.7 Å². The molecule has 16 heteroatoms. The molecule has 246 valence electrons. The van der Waals surface area contributed by atoms with Gasteiger partial charge in [-0.2, -0.15) is 0 Å². The molecule has 0 unspecified atom stereocenters. The van der Waals surface area contributed by atoms with Crippen molar-refractivity contribution in [3.8, 4) is 11.5 Å². The second kappa shape index (κ2) is 21.6. The van der Waals surface area contributed by atoms with E-state index in [2.05, 4.69) is 64.4 Å². The van der Waals surface area contributed by atoms with Crippen LogP contribution in [0.3, 0.4) is 0 Å². The zero-order valence-corrected chi connectivity index (χ0v) is 35.3. The fourth-order valence-corrected chi connectivity index (χ4v) is 6.69. The van der Waals surface area contributed by atoms with Crippen molar-refractivity contribution in [3.63, 3.8) is 0 Å². The Morgan fingerprint density at radius 3 is 1.35 bits per heavy atom. The van der Waals surface area contributed by atoms with Crippen molar-refractivity contribution in [2.45, 2.75) is 37.5 Å². The second-order valence-corrected chi connectivity index (χ2v) is 13.3. The van der Waals surface area contributed by atoms with Gasteiger partial charge in [-0.1, -0.05) is 52.0 Å². The van der Waals surface area contributed by atoms with Gasteiger partial charge in [-0.15, -0.1) is 0 Å². The molecule has 0 radical (unpaired) electrons. The van der Waals surface area contributed by atoms with E-state index in [4.69, 9.17) is 9.47 Å². The summed E-state index contributed by atoms with van der Waals surface area (Å²) in [5, 5.41) is -0.158. The molecule has 0 aliphatic carbocycles. The molecule has 0 saturated heterocycles. The Labute approximate surface area is 327 Å². The quantitative estimate of drug-likeness (QED) is 0.134. The van der Waals surface area contributed by atoms with Crippen LogP contribution in [0.4, 0.5) is 5.69 Å². The van der Waals surface area contributed by atoms with Crippen LogP contribution in [0.2, 0.25) is 0 Å². The summed E-state index contributed by atoms with van der Waals surface area (Å²) in [6, 6.07) is 11.2. The van der Waals surface area contributed by atoms with E-state index < -0.39 is 30.0 Å². The molecule has 3 rings (SSSR count). The van der Waals surface area contributed by atoms with Gasteiger partial charge in [0, 0.05) is 53.6 Å². The first-order chi connectivity index (χ1) is 20.7. The van der Waals surface area contributed by atoms with E-state index in [9.17, 15) is 25.9 Å². The van der Waals surface area contributed by atoms with Gasteiger partial charge < -0.3 is 33.3 Å². The molecule has 0 saturated carbocycles. The molecule has 0 bridgehead atoms. The number of halogens is 1. The van der Waals surface area contributed by atoms with Crippen LogP contribution < -0.4 is 73.5 Å². The van der Waals surface area contributed by atoms with Gasteiger partial charge >= 0.3 is 59.1 Å². The first-order valence-electron chi connectivity index (χ1n) is 14.3. The number of methoxy groups -OCH3 is 2. The topological polar surface area (TPSA) is 143 Å². The maximum atomic E-state index is 11.0. The summed E-state index contributed by atoms with van der Waals surface area (Å²) in [6.07, 6.45) is 0. The SMILES string of the molecule is CCN(CC)CCN(CCN(CC)CC)c1cc(OC)c(OC)cc1Br.O=S(=O)([O-])c1cccc2c(S(=O)(=O)[O-])cccc12.[Na+].[Na+]. The zero-order valence-electron chi connectivity index (χ0n) is 28.1. The van der Waals surface area contributed by atoms with Crippen molar-refractivity contribution in [2.24, 2.45) is 0 Å². The molecule has 0 N–H and O–H groups in total. The molecule has 0 amide bonds. The van der Waals surface area contributed by atoms with E-state index in [1.807, 2.05) is 6.07 Å². The molecule has 0 spiro atoms. The van der Waals surface area contributed by atoms with Crippen LogP contribution in [0.5, 0.6) is 11.5 Å². The monoisotopic (exact) mass is 761 g/mol. The second-order valence-electron chi connectivity index (χ2n) is 9.72. The van der Waals surface area contributed by atoms with Crippen molar-refractivity contribution in [1.29, 1.82) is 0 Å². The summed E-state index contributed by atoms with van der Waals surface area (Å²) in [4.78, 5) is 6.26. The Morgan fingerprint density at radius 2 is 1.02 bits per heavy atom. The molecule has 0 fully saturated rings. The maximum Gasteiger partial charge on any atom is 1.00 e. The first-order valence-corrected chi connectivity index (χ1v) is 17.9. The predicted molar refractivity (Wildman–Crippen MR) is 175 cm³/mol. The van der Waals surface area contributed by atoms with Crippen molar-refractivity contribution < 1.29 is 94.5 Å². The third-order valence-corrected chi connectivity index (χ3v) is 9.76. The van der Waals surface area contributed by atoms with Gasteiger partial charge in [0.1, 0.15) is 20.2 Å². The number of rotatable bonds is 15. The van der Waals surface area contributed by atoms with Crippen LogP contribution in [0.1, 0.15) is 27.7 Å². The fraction of sp³-hybridized carbons (Fsp3) is 0.467. The van der Waals surface area contributed by atoms with Crippen LogP contribution >= 0.6 is 15.9 Å². The molecule has 0 aliphatic heterocycles. The van der Waals surface area contributed by atoms with Crippen molar-refractivity contribution in [1.82, 2.24) is 9.80 Å². The van der Waals surface area contributed by atoms with E-state index in [0.29, 0.717) is 0 Å². The summed E-state index contributed by atoms with van der Waals surface area (Å²) in [6.45, 7) is 17.2. The van der Waals surface area contributed by atoms with E-state index >= 15 is 0 Å². The van der Waals surface area contributed by atoms with E-state index in [1.54, 1.807) is 14.2 Å². The zero-order chi connectivity index (χ0) is 33.1. The van der Waals surface area contributed by atoms with Gasteiger partial charge in [0.15, 0.2) is 11.5 Å². The Balaban J connectivity index is 0.000000890. The summed E-state index contributed by atoms with van der Waals surface area (Å²) in [5.41, 5.74) is 1.15. The summed E-state index contributed by atoms with van der Waals surface area (Å²) < 4.78 is 78.1. The molecular formula is C30H42BrN3Na2O8S2. The normalized spacial score (nSPS) is 11.4. The van der Waals surface area contributed by atoms with Gasteiger partial charge in [0.2, 0.25) is 0 Å². The number of hydrogen-bond donors (Lipinski definition) is 0. The Kier molecular flexibility index (Phi) is 21.4. The number of fused-ring (bicyclic) bond motifs is 1. The van der Waals surface area contributed by atoms with Gasteiger partial charge in [0.25, 0.3) is 0 Å². The molecule has 3 aromatic rings. The minimum atomic E-state index is -4.74. The number of anilines is 1. The number of nitrogens with zero attached hydrogens (tertiary/aromatic N) is 3. The van der Waals surface area contributed by atoms with Crippen molar-refractivity contribution >= 4 is 52.6 Å². The van der Waals surface area contributed by atoms with Crippen LogP contribution in [0, 0.1) is 0 Å². The Hall–Kier alpha value is -0.460. The number of ether oxygens (including phenoxy) is 2. The minimum Gasteiger partial charge on any atom is -0.744 e.